The first-order valence-electron chi connectivity index (χ1n) is 6.61. The highest BCUT2D eigenvalue weighted by atomic mass is 35.5. The summed E-state index contributed by atoms with van der Waals surface area (Å²) in [5.41, 5.74) is 0.0507. The van der Waals surface area contributed by atoms with E-state index >= 15 is 0 Å². The Hall–Kier alpha value is -1.29. The SMILES string of the molecule is CCCCC(CC)COc1nc(Cl)ccc1C(=O)O. The molecule has 0 fully saturated rings. The molecule has 106 valence electrons. The summed E-state index contributed by atoms with van der Waals surface area (Å²) in [6.45, 7) is 4.73. The van der Waals surface area contributed by atoms with Crippen LogP contribution < -0.4 is 4.74 Å². The third-order valence-corrected chi connectivity index (χ3v) is 3.27. The number of rotatable bonds is 8. The summed E-state index contributed by atoms with van der Waals surface area (Å²) >= 11 is 5.77. The Kier molecular flexibility index (Phi) is 6.64. The Morgan fingerprint density at radius 1 is 1.47 bits per heavy atom. The van der Waals surface area contributed by atoms with E-state index in [1.807, 2.05) is 0 Å². The molecular weight excluding hydrogens is 266 g/mol. The predicted octanol–water partition coefficient (Wildman–Crippen LogP) is 4.03. The van der Waals surface area contributed by atoms with Crippen molar-refractivity contribution in [2.24, 2.45) is 5.92 Å². The largest absolute Gasteiger partial charge is 0.477 e. The monoisotopic (exact) mass is 285 g/mol. The van der Waals surface area contributed by atoms with Gasteiger partial charge < -0.3 is 9.84 Å². The highest BCUT2D eigenvalue weighted by Gasteiger charge is 2.15. The fourth-order valence-corrected chi connectivity index (χ4v) is 1.93. The average Bonchev–Trinajstić information content (AvgIpc) is 2.38. The highest BCUT2D eigenvalue weighted by Crippen LogP contribution is 2.21. The molecule has 1 atom stereocenters. The Morgan fingerprint density at radius 3 is 2.79 bits per heavy atom. The van der Waals surface area contributed by atoms with Gasteiger partial charge in [-0.15, -0.1) is 0 Å². The lowest BCUT2D eigenvalue weighted by Gasteiger charge is -2.16. The number of ether oxygens (including phenoxy) is 1. The Labute approximate surface area is 118 Å². The Morgan fingerprint density at radius 2 is 2.21 bits per heavy atom. The molecule has 1 aromatic rings. The Balaban J connectivity index is 2.70. The summed E-state index contributed by atoms with van der Waals surface area (Å²) in [5, 5.41) is 9.29. The number of hydrogen-bond donors (Lipinski definition) is 1. The van der Waals surface area contributed by atoms with Crippen molar-refractivity contribution in [1.82, 2.24) is 4.98 Å². The van der Waals surface area contributed by atoms with Crippen molar-refractivity contribution in [3.05, 3.63) is 22.8 Å². The standard InChI is InChI=1S/C14H20ClNO3/c1-3-5-6-10(4-2)9-19-13-11(14(17)18)7-8-12(15)16-13/h7-8,10H,3-6,9H2,1-2H3,(H,17,18). The number of halogens is 1. The van der Waals surface area contributed by atoms with E-state index in [0.29, 0.717) is 12.5 Å². The normalized spacial score (nSPS) is 12.2. The van der Waals surface area contributed by atoms with Crippen LogP contribution in [0.5, 0.6) is 5.88 Å². The van der Waals surface area contributed by atoms with Gasteiger partial charge in [-0.05, 0) is 24.5 Å². The van der Waals surface area contributed by atoms with Crippen LogP contribution in [0.2, 0.25) is 5.15 Å². The van der Waals surface area contributed by atoms with E-state index in [1.165, 1.54) is 12.1 Å². The van der Waals surface area contributed by atoms with Gasteiger partial charge in [0.15, 0.2) is 0 Å². The molecule has 0 saturated heterocycles. The van der Waals surface area contributed by atoms with Crippen molar-refractivity contribution in [3.8, 4) is 5.88 Å². The van der Waals surface area contributed by atoms with E-state index < -0.39 is 5.97 Å². The molecule has 0 radical (unpaired) electrons. The first-order valence-corrected chi connectivity index (χ1v) is 6.98. The number of hydrogen-bond acceptors (Lipinski definition) is 3. The van der Waals surface area contributed by atoms with Crippen LogP contribution in [0.1, 0.15) is 49.9 Å². The summed E-state index contributed by atoms with van der Waals surface area (Å²) in [6.07, 6.45) is 4.38. The minimum Gasteiger partial charge on any atom is -0.477 e. The van der Waals surface area contributed by atoms with Gasteiger partial charge in [0.2, 0.25) is 5.88 Å². The third-order valence-electron chi connectivity index (χ3n) is 3.06. The fraction of sp³-hybridized carbons (Fsp3) is 0.571. The molecule has 5 heteroatoms. The lowest BCUT2D eigenvalue weighted by molar-refractivity contribution is 0.0689. The molecule has 1 N–H and O–H groups in total. The molecule has 0 amide bonds. The summed E-state index contributed by atoms with van der Waals surface area (Å²) in [6, 6.07) is 2.87. The molecule has 0 aliphatic rings. The van der Waals surface area contributed by atoms with Crippen LogP contribution in [-0.2, 0) is 0 Å². The van der Waals surface area contributed by atoms with E-state index in [0.717, 1.165) is 25.7 Å². The Bertz CT molecular complexity index is 423. The second-order valence-corrected chi connectivity index (χ2v) is 4.91. The van der Waals surface area contributed by atoms with Crippen molar-refractivity contribution in [2.45, 2.75) is 39.5 Å². The second-order valence-electron chi connectivity index (χ2n) is 4.52. The van der Waals surface area contributed by atoms with E-state index in [-0.39, 0.29) is 16.6 Å². The van der Waals surface area contributed by atoms with E-state index in [9.17, 15) is 4.79 Å². The zero-order valence-electron chi connectivity index (χ0n) is 11.4. The maximum atomic E-state index is 11.1. The van der Waals surface area contributed by atoms with Crippen LogP contribution in [0, 0.1) is 5.92 Å². The zero-order chi connectivity index (χ0) is 14.3. The highest BCUT2D eigenvalue weighted by molar-refractivity contribution is 6.29. The number of carbonyl (C=O) groups is 1. The smallest absolute Gasteiger partial charge is 0.341 e. The van der Waals surface area contributed by atoms with Gasteiger partial charge in [0.1, 0.15) is 10.7 Å². The van der Waals surface area contributed by atoms with Gasteiger partial charge in [-0.3, -0.25) is 0 Å². The van der Waals surface area contributed by atoms with Gasteiger partial charge in [-0.2, -0.15) is 0 Å². The summed E-state index contributed by atoms with van der Waals surface area (Å²) < 4.78 is 5.55. The van der Waals surface area contributed by atoms with E-state index in [4.69, 9.17) is 21.4 Å². The summed E-state index contributed by atoms with van der Waals surface area (Å²) in [7, 11) is 0. The maximum absolute atomic E-state index is 11.1. The number of pyridine rings is 1. The quantitative estimate of drug-likeness (QED) is 0.733. The molecule has 1 aromatic heterocycles. The van der Waals surface area contributed by atoms with Gasteiger partial charge in [0.25, 0.3) is 0 Å². The minimum atomic E-state index is -1.05. The van der Waals surface area contributed by atoms with Crippen molar-refractivity contribution in [2.75, 3.05) is 6.61 Å². The van der Waals surface area contributed by atoms with Crippen molar-refractivity contribution < 1.29 is 14.6 Å². The molecule has 1 heterocycles. The summed E-state index contributed by atoms with van der Waals surface area (Å²) in [5.74, 6) is -0.530. The number of aromatic carboxylic acids is 1. The molecule has 0 aromatic carbocycles. The lowest BCUT2D eigenvalue weighted by atomic mass is 10.0. The molecule has 19 heavy (non-hydrogen) atoms. The van der Waals surface area contributed by atoms with Crippen LogP contribution >= 0.6 is 11.6 Å². The lowest BCUT2D eigenvalue weighted by Crippen LogP contribution is -2.14. The number of aromatic nitrogens is 1. The van der Waals surface area contributed by atoms with Crippen molar-refractivity contribution >= 4 is 17.6 Å². The van der Waals surface area contributed by atoms with E-state index in [2.05, 4.69) is 18.8 Å². The van der Waals surface area contributed by atoms with Crippen LogP contribution in [0.25, 0.3) is 0 Å². The van der Waals surface area contributed by atoms with Crippen LogP contribution in [-0.4, -0.2) is 22.7 Å². The van der Waals surface area contributed by atoms with Crippen molar-refractivity contribution in [1.29, 1.82) is 0 Å². The molecule has 0 bridgehead atoms. The first kappa shape index (κ1) is 15.8. The van der Waals surface area contributed by atoms with E-state index in [1.54, 1.807) is 0 Å². The van der Waals surface area contributed by atoms with Crippen LogP contribution in [0.4, 0.5) is 0 Å². The maximum Gasteiger partial charge on any atom is 0.341 e. The van der Waals surface area contributed by atoms with Gasteiger partial charge in [0, 0.05) is 0 Å². The number of unbranched alkanes of at least 4 members (excludes halogenated alkanes) is 1. The minimum absolute atomic E-state index is 0.0507. The molecule has 1 rings (SSSR count). The number of nitrogens with zero attached hydrogens (tertiary/aromatic N) is 1. The van der Waals surface area contributed by atoms with Gasteiger partial charge in [0.05, 0.1) is 6.61 Å². The van der Waals surface area contributed by atoms with Crippen LogP contribution in [0.15, 0.2) is 12.1 Å². The molecule has 1 unspecified atom stereocenters. The first-order chi connectivity index (χ1) is 9.08. The molecule has 0 spiro atoms. The third kappa shape index (κ3) is 5.07. The molecule has 0 saturated carbocycles. The fourth-order valence-electron chi connectivity index (χ4n) is 1.79. The number of carboxylic acid groups (broad SMARTS) is 1. The molecular formula is C14H20ClNO3. The zero-order valence-corrected chi connectivity index (χ0v) is 12.1. The molecule has 4 nitrogen and oxygen atoms in total. The predicted molar refractivity (Wildman–Crippen MR) is 75.0 cm³/mol. The number of carboxylic acids is 1. The topological polar surface area (TPSA) is 59.4 Å². The second kappa shape index (κ2) is 8.00. The molecule has 0 aliphatic carbocycles. The average molecular weight is 286 g/mol. The summed E-state index contributed by atoms with van der Waals surface area (Å²) in [4.78, 5) is 15.0. The van der Waals surface area contributed by atoms with Gasteiger partial charge in [-0.25, -0.2) is 9.78 Å². The van der Waals surface area contributed by atoms with Gasteiger partial charge >= 0.3 is 5.97 Å². The molecule has 0 aliphatic heterocycles. The van der Waals surface area contributed by atoms with Gasteiger partial charge in [-0.1, -0.05) is 44.7 Å². The van der Waals surface area contributed by atoms with Crippen LogP contribution in [0.3, 0.4) is 0 Å². The van der Waals surface area contributed by atoms with Crippen molar-refractivity contribution in [3.63, 3.8) is 0 Å².